The van der Waals surface area contributed by atoms with Gasteiger partial charge in [0.05, 0.1) is 13.2 Å². The molecule has 0 saturated carbocycles. The molecule has 132 valence electrons. The molecule has 0 N–H and O–H groups in total. The topological polar surface area (TPSA) is 36.9 Å². The van der Waals surface area contributed by atoms with Crippen molar-refractivity contribution < 1.29 is 18.3 Å². The zero-order valence-corrected chi connectivity index (χ0v) is 16.7. The van der Waals surface area contributed by atoms with E-state index in [1.807, 2.05) is 0 Å². The van der Waals surface area contributed by atoms with E-state index < -0.39 is 19.9 Å². The van der Waals surface area contributed by atoms with Gasteiger partial charge in [-0.25, -0.2) is 0 Å². The van der Waals surface area contributed by atoms with E-state index in [0.29, 0.717) is 0 Å². The van der Waals surface area contributed by atoms with E-state index in [2.05, 4.69) is 48.5 Å². The molecule has 1 atom stereocenters. The quantitative estimate of drug-likeness (QED) is 0.577. The zero-order chi connectivity index (χ0) is 16.9. The first-order valence-corrected chi connectivity index (χ1v) is 11.2. The maximum absolute atomic E-state index is 6.73. The summed E-state index contributed by atoms with van der Waals surface area (Å²) in [5.74, 6) is -0.660. The van der Waals surface area contributed by atoms with Crippen LogP contribution in [0.15, 0.2) is 0 Å². The maximum atomic E-state index is 6.73. The third-order valence-corrected chi connectivity index (χ3v) is 8.53. The molecule has 0 aromatic heterocycles. The lowest BCUT2D eigenvalue weighted by Gasteiger charge is -2.50. The van der Waals surface area contributed by atoms with Crippen molar-refractivity contribution in [2.45, 2.75) is 97.3 Å². The first kappa shape index (κ1) is 20.1. The van der Waals surface area contributed by atoms with Crippen LogP contribution in [-0.2, 0) is 18.3 Å². The molecule has 5 heteroatoms. The molecule has 0 radical (unpaired) electrons. The van der Waals surface area contributed by atoms with Crippen molar-refractivity contribution in [2.24, 2.45) is 0 Å². The van der Waals surface area contributed by atoms with Crippen LogP contribution in [0.3, 0.4) is 0 Å². The van der Waals surface area contributed by atoms with E-state index in [-0.39, 0.29) is 6.10 Å². The Bertz CT molecular complexity index is 327. The lowest BCUT2D eigenvalue weighted by atomic mass is 9.94. The van der Waals surface area contributed by atoms with E-state index in [4.69, 9.17) is 18.3 Å². The molecular weight excluding hydrogens is 296 g/mol. The lowest BCUT2D eigenvalue weighted by Crippen LogP contribution is -2.62. The highest BCUT2D eigenvalue weighted by Gasteiger charge is 2.53. The van der Waals surface area contributed by atoms with Gasteiger partial charge in [0, 0.05) is 12.5 Å². The highest BCUT2D eigenvalue weighted by Crippen LogP contribution is 2.40. The Morgan fingerprint density at radius 1 is 1.14 bits per heavy atom. The van der Waals surface area contributed by atoms with Crippen LogP contribution >= 0.6 is 0 Å². The molecule has 1 rings (SSSR count). The van der Waals surface area contributed by atoms with Gasteiger partial charge < -0.3 is 18.3 Å². The van der Waals surface area contributed by atoms with Crippen molar-refractivity contribution in [1.29, 1.82) is 0 Å². The van der Waals surface area contributed by atoms with E-state index in [9.17, 15) is 0 Å². The van der Waals surface area contributed by atoms with Gasteiger partial charge in [0.25, 0.3) is 0 Å². The van der Waals surface area contributed by atoms with Gasteiger partial charge in [0.1, 0.15) is 5.60 Å². The Kier molecular flexibility index (Phi) is 7.53. The minimum absolute atomic E-state index is 0.180. The second-order valence-electron chi connectivity index (χ2n) is 6.95. The molecule has 1 saturated heterocycles. The average molecular weight is 333 g/mol. The normalized spacial score (nSPS) is 21.8. The molecule has 0 aromatic rings. The monoisotopic (exact) mass is 332 g/mol. The van der Waals surface area contributed by atoms with Crippen LogP contribution in [0.4, 0.5) is 0 Å². The fourth-order valence-corrected chi connectivity index (χ4v) is 7.01. The smallest absolute Gasteiger partial charge is 0.338 e. The average Bonchev–Trinajstić information content (AvgIpc) is 2.46. The van der Waals surface area contributed by atoms with Crippen molar-refractivity contribution in [3.8, 4) is 0 Å². The zero-order valence-electron chi connectivity index (χ0n) is 15.7. The summed E-state index contributed by atoms with van der Waals surface area (Å²) < 4.78 is 25.2. The predicted octanol–water partition coefficient (Wildman–Crippen LogP) is 4.62. The molecule has 0 aromatic carbocycles. The van der Waals surface area contributed by atoms with E-state index in [1.165, 1.54) is 0 Å². The minimum atomic E-state index is -2.28. The Labute approximate surface area is 138 Å². The van der Waals surface area contributed by atoms with E-state index in [0.717, 1.165) is 44.6 Å². The van der Waals surface area contributed by atoms with Crippen molar-refractivity contribution in [3.63, 3.8) is 0 Å². The van der Waals surface area contributed by atoms with Crippen molar-refractivity contribution in [2.75, 3.05) is 13.2 Å². The minimum Gasteiger partial charge on any atom is -0.392 e. The maximum Gasteiger partial charge on any atom is 0.338 e. The number of ether oxygens (including phenoxy) is 2. The standard InChI is InChI=1S/C17H36O4Si/c1-8-14-22(10-3,20-15(4)5)21-16(6,7)17(9-2)18-12-11-13-19-17/h15H,8-14H2,1-7H3. The van der Waals surface area contributed by atoms with Gasteiger partial charge in [-0.05, 0) is 46.2 Å². The summed E-state index contributed by atoms with van der Waals surface area (Å²) in [4.78, 5) is 0. The second kappa shape index (κ2) is 8.24. The molecular formula is C17H36O4Si. The Morgan fingerprint density at radius 2 is 1.73 bits per heavy atom. The number of hydrogen-bond donors (Lipinski definition) is 0. The lowest BCUT2D eigenvalue weighted by molar-refractivity contribution is -0.332. The molecule has 0 amide bonds. The predicted molar refractivity (Wildman–Crippen MR) is 92.3 cm³/mol. The highest BCUT2D eigenvalue weighted by molar-refractivity contribution is 6.67. The van der Waals surface area contributed by atoms with Crippen molar-refractivity contribution in [3.05, 3.63) is 0 Å². The molecule has 1 aliphatic rings. The fourth-order valence-electron chi connectivity index (χ4n) is 3.37. The number of rotatable bonds is 9. The molecule has 0 bridgehead atoms. The summed E-state index contributed by atoms with van der Waals surface area (Å²) >= 11 is 0. The van der Waals surface area contributed by atoms with Gasteiger partial charge in [-0.15, -0.1) is 0 Å². The molecule has 0 aliphatic carbocycles. The van der Waals surface area contributed by atoms with Crippen LogP contribution < -0.4 is 0 Å². The SMILES string of the molecule is CCC[Si](CC)(OC(C)C)OC(C)(C)C1(CC)OCCCO1. The van der Waals surface area contributed by atoms with Crippen LogP contribution in [-0.4, -0.2) is 39.3 Å². The Morgan fingerprint density at radius 3 is 2.14 bits per heavy atom. The first-order chi connectivity index (χ1) is 10.3. The van der Waals surface area contributed by atoms with Crippen LogP contribution in [0, 0.1) is 0 Å². The third-order valence-electron chi connectivity index (χ3n) is 4.40. The van der Waals surface area contributed by atoms with Gasteiger partial charge in [-0.3, -0.25) is 0 Å². The van der Waals surface area contributed by atoms with Gasteiger partial charge in [-0.2, -0.15) is 0 Å². The molecule has 1 unspecified atom stereocenters. The Balaban J connectivity index is 3.01. The first-order valence-electron chi connectivity index (χ1n) is 8.92. The fraction of sp³-hybridized carbons (Fsp3) is 1.00. The largest absolute Gasteiger partial charge is 0.392 e. The molecule has 4 nitrogen and oxygen atoms in total. The molecule has 1 aliphatic heterocycles. The molecule has 1 fully saturated rings. The van der Waals surface area contributed by atoms with Crippen LogP contribution in [0.1, 0.15) is 67.7 Å². The summed E-state index contributed by atoms with van der Waals surface area (Å²) in [5.41, 5.74) is -0.519. The summed E-state index contributed by atoms with van der Waals surface area (Å²) in [6.07, 6.45) is 2.98. The van der Waals surface area contributed by atoms with Crippen molar-refractivity contribution in [1.82, 2.24) is 0 Å². The molecule has 0 spiro atoms. The van der Waals surface area contributed by atoms with Crippen molar-refractivity contribution >= 4 is 8.56 Å². The van der Waals surface area contributed by atoms with Gasteiger partial charge in [0.15, 0.2) is 5.79 Å². The summed E-state index contributed by atoms with van der Waals surface area (Å²) in [7, 11) is -2.28. The summed E-state index contributed by atoms with van der Waals surface area (Å²) in [6.45, 7) is 16.3. The van der Waals surface area contributed by atoms with Gasteiger partial charge >= 0.3 is 8.56 Å². The van der Waals surface area contributed by atoms with Crippen LogP contribution in [0.25, 0.3) is 0 Å². The number of hydrogen-bond acceptors (Lipinski definition) is 4. The molecule has 22 heavy (non-hydrogen) atoms. The van der Waals surface area contributed by atoms with Gasteiger partial charge in [-0.1, -0.05) is 27.2 Å². The Hall–Kier alpha value is 0.0569. The summed E-state index contributed by atoms with van der Waals surface area (Å²) in [6, 6.07) is 1.95. The molecule has 1 heterocycles. The second-order valence-corrected chi connectivity index (χ2v) is 10.4. The van der Waals surface area contributed by atoms with Crippen LogP contribution in [0.5, 0.6) is 0 Å². The van der Waals surface area contributed by atoms with E-state index in [1.54, 1.807) is 0 Å². The third kappa shape index (κ3) is 4.54. The van der Waals surface area contributed by atoms with Gasteiger partial charge in [0.2, 0.25) is 0 Å². The summed E-state index contributed by atoms with van der Waals surface area (Å²) in [5, 5.41) is 0. The highest BCUT2D eigenvalue weighted by atomic mass is 28.4. The van der Waals surface area contributed by atoms with Crippen LogP contribution in [0.2, 0.25) is 12.1 Å². The van der Waals surface area contributed by atoms with E-state index >= 15 is 0 Å².